The smallest absolute Gasteiger partial charge is 0.258 e. The zero-order valence-corrected chi connectivity index (χ0v) is 11.4. The van der Waals surface area contributed by atoms with E-state index < -0.39 is 0 Å². The minimum absolute atomic E-state index is 0.0802. The van der Waals surface area contributed by atoms with Gasteiger partial charge >= 0.3 is 0 Å². The molecule has 110 valence electrons. The summed E-state index contributed by atoms with van der Waals surface area (Å²) in [6.07, 6.45) is 4.29. The van der Waals surface area contributed by atoms with Gasteiger partial charge < -0.3 is 16.0 Å². The van der Waals surface area contributed by atoms with Crippen LogP contribution in [-0.2, 0) is 4.79 Å². The van der Waals surface area contributed by atoms with E-state index in [0.717, 1.165) is 6.42 Å². The molecule has 1 aliphatic rings. The average Bonchev–Trinajstić information content (AvgIpc) is 3.16. The summed E-state index contributed by atoms with van der Waals surface area (Å²) in [5.74, 6) is 1.29. The van der Waals surface area contributed by atoms with Crippen LogP contribution in [0.1, 0.15) is 12.8 Å². The van der Waals surface area contributed by atoms with Crippen LogP contribution in [0.4, 0.5) is 11.9 Å². The van der Waals surface area contributed by atoms with E-state index in [1.165, 1.54) is 17.3 Å². The van der Waals surface area contributed by atoms with E-state index in [4.69, 9.17) is 0 Å². The summed E-state index contributed by atoms with van der Waals surface area (Å²) in [5.41, 5.74) is 0. The highest BCUT2D eigenvalue weighted by molar-refractivity contribution is 5.78. The van der Waals surface area contributed by atoms with Gasteiger partial charge in [-0.2, -0.15) is 24.7 Å². The van der Waals surface area contributed by atoms with E-state index in [0.29, 0.717) is 30.8 Å². The minimum atomic E-state index is 0.0802. The van der Waals surface area contributed by atoms with Crippen LogP contribution in [0.5, 0.6) is 0 Å². The highest BCUT2D eigenvalue weighted by atomic mass is 16.1. The maximum atomic E-state index is 11.2. The maximum absolute atomic E-state index is 11.2. The first kappa shape index (κ1) is 13.2. The van der Waals surface area contributed by atoms with Crippen LogP contribution in [0.15, 0.2) is 12.7 Å². The van der Waals surface area contributed by atoms with Gasteiger partial charge in [0.15, 0.2) is 0 Å². The number of nitrogens with one attached hydrogen (secondary N) is 3. The normalized spacial score (nSPS) is 17.6. The molecule has 3 N–H and O–H groups in total. The van der Waals surface area contributed by atoms with Crippen LogP contribution >= 0.6 is 0 Å². The van der Waals surface area contributed by atoms with Crippen molar-refractivity contribution in [2.75, 3.05) is 24.2 Å². The van der Waals surface area contributed by atoms with Gasteiger partial charge in [-0.15, -0.1) is 0 Å². The summed E-state index contributed by atoms with van der Waals surface area (Å²) in [6, 6.07) is 0.0992. The monoisotopic (exact) mass is 289 g/mol. The summed E-state index contributed by atoms with van der Waals surface area (Å²) < 4.78 is 1.45. The first-order valence-corrected chi connectivity index (χ1v) is 6.56. The Morgan fingerprint density at radius 2 is 2.24 bits per heavy atom. The lowest BCUT2D eigenvalue weighted by molar-refractivity contribution is -0.119. The zero-order chi connectivity index (χ0) is 14.7. The molecular weight excluding hydrogens is 274 g/mol. The molecule has 0 aromatic carbocycles. The highest BCUT2D eigenvalue weighted by Gasteiger charge is 2.20. The second kappa shape index (κ2) is 5.69. The second-order valence-corrected chi connectivity index (χ2v) is 4.56. The fraction of sp³-hybridized carbons (Fsp3) is 0.455. The molecule has 1 fully saturated rings. The standard InChI is InChI=1S/C11H15N9O/c1-12-9-17-10(14-4-7-2-3-8(21)16-7)19-11(18-9)20-6-13-5-15-20/h5-7H,2-4H2,1H3,(H,16,21)(H2,12,14,17,18,19). The van der Waals surface area contributed by atoms with Gasteiger partial charge in [-0.1, -0.05) is 0 Å². The molecule has 3 rings (SSSR count). The fourth-order valence-electron chi connectivity index (χ4n) is 2.01. The fourth-order valence-corrected chi connectivity index (χ4v) is 2.01. The molecule has 2 aromatic heterocycles. The average molecular weight is 289 g/mol. The van der Waals surface area contributed by atoms with Crippen LogP contribution in [0, 0.1) is 0 Å². The molecule has 10 nitrogen and oxygen atoms in total. The van der Waals surface area contributed by atoms with Gasteiger partial charge in [0.25, 0.3) is 5.95 Å². The van der Waals surface area contributed by atoms with Crippen molar-refractivity contribution in [1.29, 1.82) is 0 Å². The summed E-state index contributed by atoms with van der Waals surface area (Å²) in [6.45, 7) is 0.565. The van der Waals surface area contributed by atoms with E-state index >= 15 is 0 Å². The van der Waals surface area contributed by atoms with Gasteiger partial charge in [0.1, 0.15) is 12.7 Å². The van der Waals surface area contributed by atoms with Crippen molar-refractivity contribution in [2.45, 2.75) is 18.9 Å². The van der Waals surface area contributed by atoms with Crippen LogP contribution in [0.2, 0.25) is 0 Å². The number of carbonyl (C=O) groups excluding carboxylic acids is 1. The third kappa shape index (κ3) is 3.04. The van der Waals surface area contributed by atoms with Gasteiger partial charge in [-0.05, 0) is 6.42 Å². The Bertz CT molecular complexity index is 627. The van der Waals surface area contributed by atoms with Crippen LogP contribution in [0.3, 0.4) is 0 Å². The Kier molecular flexibility index (Phi) is 3.58. The molecule has 21 heavy (non-hydrogen) atoms. The van der Waals surface area contributed by atoms with Crippen molar-refractivity contribution in [3.63, 3.8) is 0 Å². The molecule has 0 bridgehead atoms. The molecule has 1 saturated heterocycles. The molecule has 1 unspecified atom stereocenters. The lowest BCUT2D eigenvalue weighted by atomic mass is 10.2. The van der Waals surface area contributed by atoms with E-state index in [2.05, 4.69) is 41.0 Å². The summed E-state index contributed by atoms with van der Waals surface area (Å²) in [7, 11) is 1.72. The van der Waals surface area contributed by atoms with Crippen molar-refractivity contribution < 1.29 is 4.79 Å². The number of anilines is 2. The Morgan fingerprint density at radius 1 is 1.38 bits per heavy atom. The predicted octanol–water partition coefficient (Wildman–Crippen LogP) is -0.815. The Labute approximate surface area is 120 Å². The molecule has 0 saturated carbocycles. The van der Waals surface area contributed by atoms with Crippen molar-refractivity contribution in [3.05, 3.63) is 12.7 Å². The maximum Gasteiger partial charge on any atom is 0.258 e. The zero-order valence-electron chi connectivity index (χ0n) is 11.4. The van der Waals surface area contributed by atoms with Crippen LogP contribution < -0.4 is 16.0 Å². The van der Waals surface area contributed by atoms with E-state index in [1.54, 1.807) is 7.05 Å². The molecular formula is C11H15N9O. The number of rotatable bonds is 5. The number of hydrogen-bond donors (Lipinski definition) is 3. The number of hydrogen-bond acceptors (Lipinski definition) is 8. The summed E-state index contributed by atoms with van der Waals surface area (Å²) in [4.78, 5) is 27.7. The molecule has 0 aliphatic carbocycles. The molecule has 1 amide bonds. The SMILES string of the molecule is CNc1nc(NCC2CCC(=O)N2)nc(-n2cncn2)n1. The van der Waals surface area contributed by atoms with Gasteiger partial charge in [0, 0.05) is 26.1 Å². The van der Waals surface area contributed by atoms with E-state index in [-0.39, 0.29) is 11.9 Å². The van der Waals surface area contributed by atoms with Crippen molar-refractivity contribution in [1.82, 2.24) is 35.0 Å². The first-order valence-electron chi connectivity index (χ1n) is 6.56. The topological polar surface area (TPSA) is 123 Å². The third-order valence-electron chi connectivity index (χ3n) is 3.06. The van der Waals surface area contributed by atoms with E-state index in [1.807, 2.05) is 0 Å². The third-order valence-corrected chi connectivity index (χ3v) is 3.06. The van der Waals surface area contributed by atoms with Gasteiger partial charge in [-0.3, -0.25) is 4.79 Å². The van der Waals surface area contributed by atoms with Crippen molar-refractivity contribution >= 4 is 17.8 Å². The van der Waals surface area contributed by atoms with Crippen molar-refractivity contribution in [3.8, 4) is 5.95 Å². The van der Waals surface area contributed by atoms with Crippen LogP contribution in [-0.4, -0.2) is 55.3 Å². The quantitative estimate of drug-likeness (QED) is 0.653. The van der Waals surface area contributed by atoms with E-state index in [9.17, 15) is 4.79 Å². The van der Waals surface area contributed by atoms with Gasteiger partial charge in [0.2, 0.25) is 17.8 Å². The van der Waals surface area contributed by atoms with Gasteiger partial charge in [0.05, 0.1) is 0 Å². The summed E-state index contributed by atoms with van der Waals surface area (Å²) in [5, 5.41) is 12.8. The lowest BCUT2D eigenvalue weighted by Crippen LogP contribution is -2.32. The lowest BCUT2D eigenvalue weighted by Gasteiger charge is -2.12. The molecule has 1 aliphatic heterocycles. The van der Waals surface area contributed by atoms with Crippen molar-refractivity contribution in [2.24, 2.45) is 0 Å². The highest BCUT2D eigenvalue weighted by Crippen LogP contribution is 2.10. The molecule has 2 aromatic rings. The van der Waals surface area contributed by atoms with Gasteiger partial charge in [-0.25, -0.2) is 4.98 Å². The number of aromatic nitrogens is 6. The minimum Gasteiger partial charge on any atom is -0.357 e. The Balaban J connectivity index is 1.75. The Hall–Kier alpha value is -2.78. The largest absolute Gasteiger partial charge is 0.357 e. The Morgan fingerprint density at radius 3 is 2.90 bits per heavy atom. The molecule has 1 atom stereocenters. The molecule has 0 spiro atoms. The molecule has 10 heteroatoms. The second-order valence-electron chi connectivity index (χ2n) is 4.56. The molecule has 3 heterocycles. The first-order chi connectivity index (χ1) is 10.2. The van der Waals surface area contributed by atoms with Crippen LogP contribution in [0.25, 0.3) is 5.95 Å². The number of amides is 1. The molecule has 0 radical (unpaired) electrons. The number of carbonyl (C=O) groups is 1. The number of nitrogens with zero attached hydrogens (tertiary/aromatic N) is 6. The predicted molar refractivity (Wildman–Crippen MR) is 73.9 cm³/mol. The summed E-state index contributed by atoms with van der Waals surface area (Å²) >= 11 is 0.